The summed E-state index contributed by atoms with van der Waals surface area (Å²) in [7, 11) is 0. The molecular weight excluding hydrogens is 296 g/mol. The maximum Gasteiger partial charge on any atom is 0.239 e. The Morgan fingerprint density at radius 1 is 1.22 bits per heavy atom. The first-order valence-electron chi connectivity index (χ1n) is 7.85. The zero-order valence-corrected chi connectivity index (χ0v) is 12.6. The van der Waals surface area contributed by atoms with Crippen molar-refractivity contribution in [2.24, 2.45) is 0 Å². The van der Waals surface area contributed by atoms with Gasteiger partial charge in [-0.15, -0.1) is 0 Å². The maximum atomic E-state index is 13.0. The number of hydrogen-bond acceptors (Lipinski definition) is 2. The number of fused-ring (bicyclic) bond motifs is 1. The van der Waals surface area contributed by atoms with E-state index in [1.54, 1.807) is 12.4 Å². The van der Waals surface area contributed by atoms with Crippen molar-refractivity contribution in [3.05, 3.63) is 48.3 Å². The highest BCUT2D eigenvalue weighted by molar-refractivity contribution is 5.92. The summed E-state index contributed by atoms with van der Waals surface area (Å²) >= 11 is 0. The fourth-order valence-corrected chi connectivity index (χ4v) is 3.63. The first-order chi connectivity index (χ1) is 11.2. The zero-order valence-electron chi connectivity index (χ0n) is 12.6. The van der Waals surface area contributed by atoms with Crippen molar-refractivity contribution in [1.29, 1.82) is 0 Å². The SMILES string of the molecule is FC(F)CC1(c2cccc(-c3ccnc4[nH]ncc34)c2)CCC1. The summed E-state index contributed by atoms with van der Waals surface area (Å²) in [6, 6.07) is 9.96. The van der Waals surface area contributed by atoms with E-state index in [1.807, 2.05) is 24.3 Å². The van der Waals surface area contributed by atoms with Crippen LogP contribution in [0.3, 0.4) is 0 Å². The van der Waals surface area contributed by atoms with E-state index in [0.717, 1.165) is 47.0 Å². The minimum atomic E-state index is -2.26. The van der Waals surface area contributed by atoms with Gasteiger partial charge in [-0.1, -0.05) is 30.7 Å². The van der Waals surface area contributed by atoms with Crippen LogP contribution in [0.15, 0.2) is 42.7 Å². The van der Waals surface area contributed by atoms with Crippen molar-refractivity contribution in [2.45, 2.75) is 37.5 Å². The molecule has 0 saturated heterocycles. The van der Waals surface area contributed by atoms with Gasteiger partial charge in [0.2, 0.25) is 6.43 Å². The number of halogens is 2. The summed E-state index contributed by atoms with van der Waals surface area (Å²) in [5.74, 6) is 0. The predicted molar refractivity (Wildman–Crippen MR) is 85.5 cm³/mol. The molecule has 0 amide bonds. The molecule has 0 aliphatic heterocycles. The smallest absolute Gasteiger partial charge is 0.239 e. The Hall–Kier alpha value is -2.30. The Kier molecular flexibility index (Phi) is 3.36. The minimum absolute atomic E-state index is 0.0477. The van der Waals surface area contributed by atoms with E-state index in [0.29, 0.717) is 0 Å². The van der Waals surface area contributed by atoms with Crippen LogP contribution in [0.2, 0.25) is 0 Å². The number of pyridine rings is 1. The van der Waals surface area contributed by atoms with Crippen LogP contribution < -0.4 is 0 Å². The summed E-state index contributed by atoms with van der Waals surface area (Å²) in [5, 5.41) is 7.85. The second kappa shape index (κ2) is 5.41. The van der Waals surface area contributed by atoms with E-state index in [1.165, 1.54) is 0 Å². The van der Waals surface area contributed by atoms with Gasteiger partial charge >= 0.3 is 0 Å². The van der Waals surface area contributed by atoms with Crippen LogP contribution in [0.5, 0.6) is 0 Å². The van der Waals surface area contributed by atoms with E-state index in [-0.39, 0.29) is 11.8 Å². The Bertz CT molecular complexity index is 837. The second-order valence-corrected chi connectivity index (χ2v) is 6.30. The molecule has 0 spiro atoms. The highest BCUT2D eigenvalue weighted by Crippen LogP contribution is 2.48. The quantitative estimate of drug-likeness (QED) is 0.758. The molecule has 1 aromatic carbocycles. The van der Waals surface area contributed by atoms with Crippen molar-refractivity contribution < 1.29 is 8.78 Å². The molecule has 118 valence electrons. The van der Waals surface area contributed by atoms with Crippen LogP contribution in [0, 0.1) is 0 Å². The average Bonchev–Trinajstić information content (AvgIpc) is 2.99. The van der Waals surface area contributed by atoms with Gasteiger partial charge in [-0.05, 0) is 35.6 Å². The molecule has 2 heterocycles. The van der Waals surface area contributed by atoms with Gasteiger partial charge in [-0.2, -0.15) is 5.10 Å². The minimum Gasteiger partial charge on any atom is -0.261 e. The first kappa shape index (κ1) is 14.3. The van der Waals surface area contributed by atoms with E-state index in [2.05, 4.69) is 21.2 Å². The van der Waals surface area contributed by atoms with Crippen molar-refractivity contribution in [2.75, 3.05) is 0 Å². The molecule has 0 bridgehead atoms. The van der Waals surface area contributed by atoms with Gasteiger partial charge in [0.05, 0.1) is 6.20 Å². The first-order valence-corrected chi connectivity index (χ1v) is 7.85. The van der Waals surface area contributed by atoms with Gasteiger partial charge in [-0.3, -0.25) is 5.10 Å². The molecule has 1 N–H and O–H groups in total. The number of hydrogen-bond donors (Lipinski definition) is 1. The number of aromatic nitrogens is 3. The fraction of sp³-hybridized carbons (Fsp3) is 0.333. The van der Waals surface area contributed by atoms with Gasteiger partial charge in [0.15, 0.2) is 5.65 Å². The second-order valence-electron chi connectivity index (χ2n) is 6.30. The topological polar surface area (TPSA) is 41.6 Å². The lowest BCUT2D eigenvalue weighted by Gasteiger charge is -2.42. The summed E-state index contributed by atoms with van der Waals surface area (Å²) < 4.78 is 26.0. The number of alkyl halides is 2. The maximum absolute atomic E-state index is 13.0. The van der Waals surface area contributed by atoms with Crippen LogP contribution in [-0.4, -0.2) is 21.6 Å². The standard InChI is InChI=1S/C18H17F2N3/c19-16(20)10-18(6-2-7-18)13-4-1-3-12(9-13)14-5-8-21-17-15(14)11-22-23-17/h1,3-5,8-9,11,16H,2,6-7,10H2,(H,21,22,23). The monoisotopic (exact) mass is 313 g/mol. The molecule has 3 nitrogen and oxygen atoms in total. The van der Waals surface area contributed by atoms with Gasteiger partial charge in [0.1, 0.15) is 0 Å². The van der Waals surface area contributed by atoms with E-state index >= 15 is 0 Å². The third-order valence-electron chi connectivity index (χ3n) is 5.00. The molecule has 2 aromatic heterocycles. The third kappa shape index (κ3) is 2.40. The Labute approximate surface area is 132 Å². The van der Waals surface area contributed by atoms with Crippen molar-refractivity contribution in [3.8, 4) is 11.1 Å². The summed E-state index contributed by atoms with van der Waals surface area (Å²) in [6.45, 7) is 0. The normalized spacial score (nSPS) is 16.7. The third-order valence-corrected chi connectivity index (χ3v) is 5.00. The lowest BCUT2D eigenvalue weighted by atomic mass is 9.62. The number of rotatable bonds is 4. The molecule has 4 rings (SSSR count). The van der Waals surface area contributed by atoms with Crippen molar-refractivity contribution in [1.82, 2.24) is 15.2 Å². The van der Waals surface area contributed by atoms with Crippen molar-refractivity contribution in [3.63, 3.8) is 0 Å². The number of nitrogens with zero attached hydrogens (tertiary/aromatic N) is 2. The van der Waals surface area contributed by atoms with Gasteiger partial charge in [0.25, 0.3) is 0 Å². The van der Waals surface area contributed by atoms with Crippen LogP contribution in [0.4, 0.5) is 8.78 Å². The van der Waals surface area contributed by atoms with Crippen LogP contribution >= 0.6 is 0 Å². The lowest BCUT2D eigenvalue weighted by molar-refractivity contribution is 0.0712. The largest absolute Gasteiger partial charge is 0.261 e. The van der Waals surface area contributed by atoms with Gasteiger partial charge in [0, 0.05) is 23.4 Å². The molecule has 0 atom stereocenters. The summed E-state index contributed by atoms with van der Waals surface area (Å²) in [5.41, 5.74) is 3.45. The predicted octanol–water partition coefficient (Wildman–Crippen LogP) is 4.70. The highest BCUT2D eigenvalue weighted by Gasteiger charge is 2.40. The fourth-order valence-electron chi connectivity index (χ4n) is 3.63. The molecule has 23 heavy (non-hydrogen) atoms. The van der Waals surface area contributed by atoms with E-state index in [4.69, 9.17) is 0 Å². The van der Waals surface area contributed by atoms with Gasteiger partial charge < -0.3 is 0 Å². The molecule has 0 unspecified atom stereocenters. The van der Waals surface area contributed by atoms with Crippen molar-refractivity contribution >= 4 is 11.0 Å². The average molecular weight is 313 g/mol. The summed E-state index contributed by atoms with van der Waals surface area (Å²) in [6.07, 6.45) is 3.90. The van der Waals surface area contributed by atoms with Crippen LogP contribution in [0.1, 0.15) is 31.2 Å². The number of nitrogens with one attached hydrogen (secondary N) is 1. The molecule has 1 aliphatic rings. The van der Waals surface area contributed by atoms with Gasteiger partial charge in [-0.25, -0.2) is 13.8 Å². The molecular formula is C18H17F2N3. The van der Waals surface area contributed by atoms with Crippen LogP contribution in [-0.2, 0) is 5.41 Å². The Morgan fingerprint density at radius 3 is 2.83 bits per heavy atom. The molecule has 0 radical (unpaired) electrons. The number of H-pyrrole nitrogens is 1. The molecule has 1 fully saturated rings. The molecule has 3 aromatic rings. The number of aromatic amines is 1. The van der Waals surface area contributed by atoms with E-state index < -0.39 is 6.43 Å². The lowest BCUT2D eigenvalue weighted by Crippen LogP contribution is -2.36. The Morgan fingerprint density at radius 2 is 2.09 bits per heavy atom. The highest BCUT2D eigenvalue weighted by atomic mass is 19.3. The zero-order chi connectivity index (χ0) is 15.9. The van der Waals surface area contributed by atoms with E-state index in [9.17, 15) is 8.78 Å². The Balaban J connectivity index is 1.79. The summed E-state index contributed by atoms with van der Waals surface area (Å²) in [4.78, 5) is 4.25. The van der Waals surface area contributed by atoms with Crippen LogP contribution in [0.25, 0.3) is 22.2 Å². The molecule has 1 saturated carbocycles. The molecule has 1 aliphatic carbocycles. The number of benzene rings is 1. The molecule has 5 heteroatoms.